The molecule has 4 fully saturated rings. The van der Waals surface area contributed by atoms with E-state index in [1.54, 1.807) is 0 Å². The smallest absolute Gasteiger partial charge is 0.410 e. The number of hydrogen-bond acceptors (Lipinski definition) is 6. The third kappa shape index (κ3) is 4.90. The minimum absolute atomic E-state index is 0. The van der Waals surface area contributed by atoms with E-state index in [2.05, 4.69) is 39.6 Å². The lowest BCUT2D eigenvalue weighted by Gasteiger charge is -2.50. The van der Waals surface area contributed by atoms with E-state index in [0.717, 1.165) is 51.7 Å². The lowest BCUT2D eigenvalue weighted by atomic mass is 9.68. The maximum Gasteiger partial charge on any atom is 0.410 e. The summed E-state index contributed by atoms with van der Waals surface area (Å²) in [6, 6.07) is 9.34. The van der Waals surface area contributed by atoms with Crippen LogP contribution in [0.3, 0.4) is 0 Å². The molecule has 0 radical (unpaired) electrons. The Morgan fingerprint density at radius 3 is 2.69 bits per heavy atom. The van der Waals surface area contributed by atoms with Gasteiger partial charge in [-0.3, -0.25) is 0 Å². The van der Waals surface area contributed by atoms with Crippen LogP contribution in [0, 0.1) is 19.8 Å². The fourth-order valence-corrected chi connectivity index (χ4v) is 7.69. The molecular formula is C30H43N5O4. The average Bonchev–Trinajstić information content (AvgIpc) is 3.11. The molecule has 212 valence electrons. The third-order valence-electron chi connectivity index (χ3n) is 9.72. The van der Waals surface area contributed by atoms with Gasteiger partial charge < -0.3 is 29.3 Å². The zero-order valence-corrected chi connectivity index (χ0v) is 23.4. The fraction of sp³-hybridized carbons (Fsp3) is 0.633. The Bertz CT molecular complexity index is 1210. The molecule has 1 aliphatic carbocycles. The Hall–Kier alpha value is -3.07. The van der Waals surface area contributed by atoms with Gasteiger partial charge in [0.05, 0.1) is 6.61 Å². The molecule has 3 atom stereocenters. The number of amides is 3. The Morgan fingerprint density at radius 2 is 1.95 bits per heavy atom. The van der Waals surface area contributed by atoms with Crippen LogP contribution in [0.4, 0.5) is 15.3 Å². The van der Waals surface area contributed by atoms with Crippen molar-refractivity contribution in [3.8, 4) is 0 Å². The Morgan fingerprint density at radius 1 is 1.15 bits per heavy atom. The number of carbonyl (C=O) groups is 2. The number of aromatic nitrogens is 1. The first kappa shape index (κ1) is 26.2. The second kappa shape index (κ2) is 10.5. The number of piperidine rings is 2. The first-order valence-electron chi connectivity index (χ1n) is 14.6. The molecule has 4 aliphatic heterocycles. The number of hydrogen-bond donors (Lipinski definition) is 1. The fourth-order valence-electron chi connectivity index (χ4n) is 7.69. The first-order valence-corrected chi connectivity index (χ1v) is 14.6. The van der Waals surface area contributed by atoms with Crippen LogP contribution in [-0.2, 0) is 16.7 Å². The average molecular weight is 538 g/mol. The molecule has 1 spiro atoms. The van der Waals surface area contributed by atoms with Gasteiger partial charge in [0.15, 0.2) is 5.76 Å². The highest BCUT2D eigenvalue weighted by Crippen LogP contribution is 2.44. The highest BCUT2D eigenvalue weighted by molar-refractivity contribution is 5.90. The molecule has 2 aromatic rings. The molecule has 5 aliphatic rings. The molecular weight excluding hydrogens is 494 g/mol. The van der Waals surface area contributed by atoms with Gasteiger partial charge in [0, 0.05) is 38.6 Å². The number of rotatable bonds is 3. The van der Waals surface area contributed by atoms with E-state index in [-0.39, 0.29) is 25.0 Å². The van der Waals surface area contributed by atoms with Gasteiger partial charge in [0.25, 0.3) is 0 Å². The second-order valence-electron chi connectivity index (χ2n) is 12.0. The maximum atomic E-state index is 13.5. The summed E-state index contributed by atoms with van der Waals surface area (Å²) >= 11 is 0. The third-order valence-corrected chi connectivity index (χ3v) is 9.72. The van der Waals surface area contributed by atoms with Gasteiger partial charge in [-0.05, 0) is 89.4 Å². The molecule has 39 heavy (non-hydrogen) atoms. The molecule has 2 bridgehead atoms. The van der Waals surface area contributed by atoms with Gasteiger partial charge in [-0.1, -0.05) is 29.4 Å². The zero-order chi connectivity index (χ0) is 27.1. The van der Waals surface area contributed by atoms with Gasteiger partial charge >= 0.3 is 12.1 Å². The van der Waals surface area contributed by atoms with Crippen LogP contribution in [-0.4, -0.2) is 76.9 Å². The van der Waals surface area contributed by atoms with Crippen molar-refractivity contribution >= 4 is 17.8 Å². The SMILES string of the molecule is CCOC(=O)N1CC2CCC1CC(N1CCC3(CC1)CN(C(=O)Nc1c(C)noc1C)Cc1ccccc13)C2.[HH]. The van der Waals surface area contributed by atoms with Crippen LogP contribution >= 0.6 is 0 Å². The van der Waals surface area contributed by atoms with Crippen molar-refractivity contribution in [3.63, 3.8) is 0 Å². The number of nitrogens with zero attached hydrogens (tertiary/aromatic N) is 4. The summed E-state index contributed by atoms with van der Waals surface area (Å²) in [4.78, 5) is 32.7. The number of benzene rings is 1. The molecule has 1 aromatic heterocycles. The molecule has 5 heterocycles. The minimum atomic E-state index is -0.140. The number of nitrogens with one attached hydrogen (secondary N) is 1. The Balaban J connectivity index is 0.00000323. The summed E-state index contributed by atoms with van der Waals surface area (Å²) in [5.74, 6) is 1.17. The molecule has 3 amide bonds. The van der Waals surface area contributed by atoms with E-state index in [0.29, 0.717) is 48.8 Å². The number of aryl methyl sites for hydroxylation is 2. The maximum absolute atomic E-state index is 13.5. The topological polar surface area (TPSA) is 91.2 Å². The predicted molar refractivity (Wildman–Crippen MR) is 150 cm³/mol. The molecule has 9 heteroatoms. The molecule has 3 saturated heterocycles. The Kier molecular flexibility index (Phi) is 7.04. The van der Waals surface area contributed by atoms with E-state index >= 15 is 0 Å². The highest BCUT2D eigenvalue weighted by atomic mass is 16.6. The molecule has 1 N–H and O–H groups in total. The molecule has 9 nitrogen and oxygen atoms in total. The van der Waals surface area contributed by atoms with Gasteiger partial charge in [-0.2, -0.15) is 0 Å². The van der Waals surface area contributed by atoms with Crippen molar-refractivity contribution < 1.29 is 20.3 Å². The molecule has 7 rings (SSSR count). The lowest BCUT2D eigenvalue weighted by Crippen LogP contribution is -2.55. The molecule has 1 saturated carbocycles. The summed E-state index contributed by atoms with van der Waals surface area (Å²) in [5.41, 5.74) is 3.95. The predicted octanol–water partition coefficient (Wildman–Crippen LogP) is 5.32. The van der Waals surface area contributed by atoms with E-state index in [1.807, 2.05) is 30.6 Å². The van der Waals surface area contributed by atoms with Gasteiger partial charge in [0.2, 0.25) is 0 Å². The zero-order valence-electron chi connectivity index (χ0n) is 23.4. The van der Waals surface area contributed by atoms with Crippen LogP contribution in [0.5, 0.6) is 0 Å². The lowest BCUT2D eigenvalue weighted by molar-refractivity contribution is 0.0634. The van der Waals surface area contributed by atoms with Crippen LogP contribution < -0.4 is 5.32 Å². The van der Waals surface area contributed by atoms with Gasteiger partial charge in [0.1, 0.15) is 11.4 Å². The summed E-state index contributed by atoms with van der Waals surface area (Å²) in [7, 11) is 0. The van der Waals surface area contributed by atoms with Crippen molar-refractivity contribution in [2.75, 3.05) is 38.1 Å². The quantitative estimate of drug-likeness (QED) is 0.570. The summed E-state index contributed by atoms with van der Waals surface area (Å²) in [6.07, 6.45) is 6.38. The number of urea groups is 1. The number of fused-ring (bicyclic) bond motifs is 6. The van der Waals surface area contributed by atoms with Crippen molar-refractivity contribution in [1.82, 2.24) is 19.9 Å². The van der Waals surface area contributed by atoms with E-state index in [1.165, 1.54) is 17.5 Å². The van der Waals surface area contributed by atoms with Gasteiger partial charge in [-0.15, -0.1) is 0 Å². The van der Waals surface area contributed by atoms with Crippen molar-refractivity contribution in [3.05, 3.63) is 46.8 Å². The Labute approximate surface area is 232 Å². The van der Waals surface area contributed by atoms with E-state index < -0.39 is 0 Å². The van der Waals surface area contributed by atoms with Crippen molar-refractivity contribution in [1.29, 1.82) is 0 Å². The molecule has 3 unspecified atom stereocenters. The number of carbonyl (C=O) groups excluding carboxylic acids is 2. The first-order chi connectivity index (χ1) is 18.9. The minimum Gasteiger partial charge on any atom is -0.450 e. The normalized spacial score (nSPS) is 26.3. The molecule has 1 aromatic carbocycles. The second-order valence-corrected chi connectivity index (χ2v) is 12.0. The monoisotopic (exact) mass is 537 g/mol. The van der Waals surface area contributed by atoms with Crippen LogP contribution in [0.2, 0.25) is 0 Å². The van der Waals surface area contributed by atoms with Crippen molar-refractivity contribution in [2.45, 2.75) is 83.3 Å². The number of ether oxygens (including phenoxy) is 1. The van der Waals surface area contributed by atoms with Crippen LogP contribution in [0.15, 0.2) is 28.8 Å². The number of likely N-dealkylation sites (tertiary alicyclic amines) is 1. The van der Waals surface area contributed by atoms with Crippen LogP contribution in [0.25, 0.3) is 0 Å². The largest absolute Gasteiger partial charge is 0.450 e. The van der Waals surface area contributed by atoms with E-state index in [4.69, 9.17) is 9.26 Å². The summed E-state index contributed by atoms with van der Waals surface area (Å²) in [6.45, 7) is 10.1. The number of anilines is 1. The summed E-state index contributed by atoms with van der Waals surface area (Å²) in [5, 5.41) is 7.05. The summed E-state index contributed by atoms with van der Waals surface area (Å²) < 4.78 is 10.6. The van der Waals surface area contributed by atoms with E-state index in [9.17, 15) is 9.59 Å². The standard InChI is InChI=1S/C30H41N5O4.H2/c1-4-38-29(37)35-17-22-9-10-24(35)16-25(15-22)33-13-11-30(12-14-33)19-34(18-23-7-5-6-8-26(23)30)28(36)31-27-20(2)32-39-21(27)3;/h5-8,22,24-25H,4,9-19H2,1-3H3,(H,31,36);1H. The highest BCUT2D eigenvalue weighted by Gasteiger charge is 2.46. The van der Waals surface area contributed by atoms with Crippen LogP contribution in [0.1, 0.15) is 69.5 Å². The van der Waals surface area contributed by atoms with Crippen molar-refractivity contribution in [2.24, 2.45) is 5.92 Å². The van der Waals surface area contributed by atoms with Gasteiger partial charge in [-0.25, -0.2) is 9.59 Å².